The van der Waals surface area contributed by atoms with E-state index in [0.717, 1.165) is 51.8 Å². The van der Waals surface area contributed by atoms with Gasteiger partial charge >= 0.3 is 0 Å². The lowest BCUT2D eigenvalue weighted by molar-refractivity contribution is 1.06. The highest BCUT2D eigenvalue weighted by molar-refractivity contribution is 6.09. The van der Waals surface area contributed by atoms with E-state index in [1.165, 1.54) is 21.9 Å². The summed E-state index contributed by atoms with van der Waals surface area (Å²) in [7, 11) is 0. The molecular formula is C40H34. The third-order valence-electron chi connectivity index (χ3n) is 7.30. The molecule has 0 heteroatoms. The van der Waals surface area contributed by atoms with Gasteiger partial charge in [0.15, 0.2) is 0 Å². The van der Waals surface area contributed by atoms with E-state index in [4.69, 9.17) is 0 Å². The van der Waals surface area contributed by atoms with Crippen molar-refractivity contribution in [3.63, 3.8) is 0 Å². The van der Waals surface area contributed by atoms with Crippen LogP contribution in [0.3, 0.4) is 0 Å². The zero-order chi connectivity index (χ0) is 27.7. The van der Waals surface area contributed by atoms with E-state index in [-0.39, 0.29) is 0 Å². The minimum atomic E-state index is 0.946. The van der Waals surface area contributed by atoms with Crippen LogP contribution in [0.25, 0.3) is 51.3 Å². The van der Waals surface area contributed by atoms with Gasteiger partial charge in [-0.2, -0.15) is 0 Å². The molecule has 0 amide bonds. The van der Waals surface area contributed by atoms with E-state index >= 15 is 0 Å². The van der Waals surface area contributed by atoms with Crippen molar-refractivity contribution < 1.29 is 0 Å². The third kappa shape index (κ3) is 5.72. The summed E-state index contributed by atoms with van der Waals surface area (Å²) in [6.45, 7) is 12.9. The molecule has 0 spiro atoms. The van der Waals surface area contributed by atoms with Crippen LogP contribution in [0, 0.1) is 0 Å². The Hall–Kier alpha value is -4.94. The van der Waals surface area contributed by atoms with Gasteiger partial charge in [0.05, 0.1) is 0 Å². The Kier molecular flexibility index (Phi) is 8.49. The van der Waals surface area contributed by atoms with Crippen LogP contribution in [0.15, 0.2) is 147 Å². The molecule has 0 fully saturated rings. The first-order chi connectivity index (χ1) is 19.7. The van der Waals surface area contributed by atoms with Gasteiger partial charge in [-0.05, 0) is 73.7 Å². The average Bonchev–Trinajstić information content (AvgIpc) is 3.01. The summed E-state index contributed by atoms with van der Waals surface area (Å²) in [4.78, 5) is 0. The van der Waals surface area contributed by atoms with Crippen molar-refractivity contribution >= 4 is 40.1 Å². The minimum Gasteiger partial charge on any atom is -0.0984 e. The van der Waals surface area contributed by atoms with Crippen molar-refractivity contribution in [2.75, 3.05) is 0 Å². The summed E-state index contributed by atoms with van der Waals surface area (Å²) in [6, 6.07) is 35.9. The van der Waals surface area contributed by atoms with Crippen molar-refractivity contribution in [3.05, 3.63) is 175 Å². The average molecular weight is 515 g/mol. The van der Waals surface area contributed by atoms with Crippen molar-refractivity contribution in [1.82, 2.24) is 0 Å². The molecule has 0 radical (unpaired) electrons. The summed E-state index contributed by atoms with van der Waals surface area (Å²) >= 11 is 0. The van der Waals surface area contributed by atoms with Crippen LogP contribution >= 0.6 is 0 Å². The molecular weight excluding hydrogens is 480 g/mol. The van der Waals surface area contributed by atoms with Gasteiger partial charge in [0.25, 0.3) is 0 Å². The van der Waals surface area contributed by atoms with Crippen molar-refractivity contribution in [2.24, 2.45) is 0 Å². The molecule has 0 saturated carbocycles. The Morgan fingerprint density at radius 1 is 0.650 bits per heavy atom. The van der Waals surface area contributed by atoms with Crippen LogP contribution < -0.4 is 0 Å². The van der Waals surface area contributed by atoms with E-state index < -0.39 is 0 Å². The molecule has 4 aromatic carbocycles. The van der Waals surface area contributed by atoms with Gasteiger partial charge in [0, 0.05) is 0 Å². The van der Waals surface area contributed by atoms with E-state index in [9.17, 15) is 0 Å². The molecule has 0 aromatic heterocycles. The van der Waals surface area contributed by atoms with Gasteiger partial charge in [-0.15, -0.1) is 0 Å². The van der Waals surface area contributed by atoms with E-state index in [0.29, 0.717) is 0 Å². The molecule has 0 saturated heterocycles. The van der Waals surface area contributed by atoms with Crippen LogP contribution in [0.1, 0.15) is 40.7 Å². The Labute approximate surface area is 238 Å². The maximum atomic E-state index is 4.37. The van der Waals surface area contributed by atoms with Crippen LogP contribution in [-0.2, 0) is 0 Å². The molecule has 1 aliphatic carbocycles. The zero-order valence-electron chi connectivity index (χ0n) is 22.9. The molecule has 5 rings (SSSR count). The normalized spacial score (nSPS) is 12.6. The first kappa shape index (κ1) is 26.7. The molecule has 4 aromatic rings. The first-order valence-electron chi connectivity index (χ1n) is 13.8. The summed E-state index contributed by atoms with van der Waals surface area (Å²) in [5.74, 6) is 0. The molecule has 0 nitrogen and oxygen atoms in total. The number of fused-ring (bicyclic) bond motifs is 1. The largest absolute Gasteiger partial charge is 0.0984 e. The number of hydrogen-bond donors (Lipinski definition) is 0. The van der Waals surface area contributed by atoms with Crippen LogP contribution in [-0.4, -0.2) is 0 Å². The second-order valence-corrected chi connectivity index (χ2v) is 9.81. The SMILES string of the molecule is C=Cc1c(C=C)c(-c2ccccccc(C(=C)/C=C\c3ccccc3)cc2)c2ccccc2c1C1=CC=CCC1. The monoisotopic (exact) mass is 514 g/mol. The summed E-state index contributed by atoms with van der Waals surface area (Å²) in [5.41, 5.74) is 10.2. The fourth-order valence-electron chi connectivity index (χ4n) is 5.35. The van der Waals surface area contributed by atoms with Crippen LogP contribution in [0.2, 0.25) is 0 Å². The number of benzene rings is 3. The highest BCUT2D eigenvalue weighted by Crippen LogP contribution is 2.42. The maximum absolute atomic E-state index is 4.37. The smallest absolute Gasteiger partial charge is 0.00266 e. The molecule has 194 valence electrons. The third-order valence-corrected chi connectivity index (χ3v) is 7.30. The Bertz CT molecular complexity index is 1720. The fourth-order valence-corrected chi connectivity index (χ4v) is 5.35. The highest BCUT2D eigenvalue weighted by Gasteiger charge is 2.19. The quantitative estimate of drug-likeness (QED) is 0.215. The Morgan fingerprint density at radius 2 is 1.27 bits per heavy atom. The van der Waals surface area contributed by atoms with E-state index in [2.05, 4.69) is 135 Å². The van der Waals surface area contributed by atoms with Gasteiger partial charge in [-0.1, -0.05) is 165 Å². The number of rotatable bonds is 7. The van der Waals surface area contributed by atoms with Crippen LogP contribution in [0.5, 0.6) is 0 Å². The lowest BCUT2D eigenvalue weighted by Gasteiger charge is -2.22. The molecule has 0 unspecified atom stereocenters. The van der Waals surface area contributed by atoms with Crippen molar-refractivity contribution in [1.29, 1.82) is 0 Å². The maximum Gasteiger partial charge on any atom is -0.00266 e. The van der Waals surface area contributed by atoms with Gasteiger partial charge in [-0.3, -0.25) is 0 Å². The molecule has 40 heavy (non-hydrogen) atoms. The molecule has 1 aliphatic rings. The van der Waals surface area contributed by atoms with Gasteiger partial charge in [0.2, 0.25) is 0 Å². The summed E-state index contributed by atoms with van der Waals surface area (Å²) in [5, 5.41) is 2.44. The Balaban J connectivity index is 1.73. The van der Waals surface area contributed by atoms with E-state index in [1.807, 2.05) is 30.4 Å². The van der Waals surface area contributed by atoms with E-state index in [1.54, 1.807) is 0 Å². The lowest BCUT2D eigenvalue weighted by Crippen LogP contribution is -1.99. The number of allylic oxidation sites excluding steroid dienone is 6. The second-order valence-electron chi connectivity index (χ2n) is 9.81. The van der Waals surface area contributed by atoms with Gasteiger partial charge in [0.1, 0.15) is 0 Å². The molecule has 0 heterocycles. The zero-order valence-corrected chi connectivity index (χ0v) is 22.9. The molecule has 0 bridgehead atoms. The summed E-state index contributed by atoms with van der Waals surface area (Å²) in [6.07, 6.45) is 16.9. The predicted molar refractivity (Wildman–Crippen MR) is 178 cm³/mol. The molecule has 0 atom stereocenters. The summed E-state index contributed by atoms with van der Waals surface area (Å²) < 4.78 is 0. The molecule has 0 aliphatic heterocycles. The molecule has 0 N–H and O–H groups in total. The van der Waals surface area contributed by atoms with Crippen LogP contribution in [0.4, 0.5) is 0 Å². The highest BCUT2D eigenvalue weighted by atomic mass is 14.2. The van der Waals surface area contributed by atoms with Crippen molar-refractivity contribution in [2.45, 2.75) is 12.8 Å². The first-order valence-corrected chi connectivity index (χ1v) is 13.8. The fraction of sp³-hybridized carbons (Fsp3) is 0.0500. The predicted octanol–water partition coefficient (Wildman–Crippen LogP) is 11.4. The lowest BCUT2D eigenvalue weighted by atomic mass is 9.82. The van der Waals surface area contributed by atoms with Gasteiger partial charge in [-0.25, -0.2) is 0 Å². The Morgan fingerprint density at radius 3 is 1.98 bits per heavy atom. The number of hydrogen-bond acceptors (Lipinski definition) is 0. The second kappa shape index (κ2) is 12.7. The van der Waals surface area contributed by atoms with Gasteiger partial charge < -0.3 is 0 Å². The standard InChI is InChI=1S/C40H34/c1-4-35-36(5-2)40(38-25-17-16-24-37(38)39(35)33-21-14-9-15-22-33)34-23-13-7-6-12-20-32(28-29-34)30(3)26-27-31-18-10-8-11-19-31/h4-14,16-21,23-29H,1-3,15,22H2/b7-6?,12-6?,13-7?,20-12?,23-13?,27-26-,29-28?,32-20?,32-28?,34-23?,34-29?. The van der Waals surface area contributed by atoms with Crippen molar-refractivity contribution in [3.8, 4) is 11.1 Å². The topological polar surface area (TPSA) is 0 Å². The minimum absolute atomic E-state index is 0.946.